The first-order valence-electron chi connectivity index (χ1n) is 22.6. The average Bonchev–Trinajstić information content (AvgIpc) is 3.85. The number of fused-ring (bicyclic) bond motifs is 17. The average molecular weight is 830 g/mol. The van der Waals surface area contributed by atoms with E-state index in [0.717, 1.165) is 71.5 Å². The minimum Gasteiger partial charge on any atom is -0.455 e. The maximum absolute atomic E-state index is 7.01. The molecule has 0 aliphatic heterocycles. The molecule has 2 heteroatoms. The number of anilines is 3. The number of benzene rings is 10. The Bertz CT molecular complexity index is 3990. The molecule has 0 spiro atoms. The third-order valence-corrected chi connectivity index (χ3v) is 14.1. The van der Waals surface area contributed by atoms with Gasteiger partial charge in [-0.15, -0.1) is 0 Å². The fourth-order valence-electron chi connectivity index (χ4n) is 11.0. The minimum atomic E-state index is -0.167. The van der Waals surface area contributed by atoms with E-state index in [1.807, 2.05) is 0 Å². The molecule has 0 saturated heterocycles. The molecule has 306 valence electrons. The van der Waals surface area contributed by atoms with Crippen LogP contribution in [0, 0.1) is 0 Å². The van der Waals surface area contributed by atoms with Crippen molar-refractivity contribution < 1.29 is 4.42 Å². The molecule has 1 heterocycles. The van der Waals surface area contributed by atoms with Crippen molar-refractivity contribution in [2.45, 2.75) is 19.3 Å². The standard InChI is InChI=1S/C63H43NO/c1-63(2)57-29-15-12-26-50(57)51-35-33-42(39-58(51)63)64(59-30-16-13-20-43(59)40-18-4-3-5-19-40)41-32-34-49-47-24-9-7-22-45(47)44-21-6-8-23-46(44)48-25-10-11-28-53(48)61-54(56(49)38-41)36-37-55-52-27-14-17-31-60(52)65-62(55)61/h3-39H,1-2H3. The number of para-hydroxylation sites is 2. The number of rotatable bonds is 4. The fraction of sp³-hybridized carbons (Fsp3) is 0.0476. The molecule has 11 aromatic carbocycles. The van der Waals surface area contributed by atoms with Crippen LogP contribution in [0.25, 0.3) is 98.1 Å². The van der Waals surface area contributed by atoms with Gasteiger partial charge in [0, 0.05) is 38.5 Å². The van der Waals surface area contributed by atoms with Crippen LogP contribution < -0.4 is 4.90 Å². The first kappa shape index (κ1) is 37.4. The molecule has 13 rings (SSSR count). The molecular formula is C63H43NO. The van der Waals surface area contributed by atoms with Crippen molar-refractivity contribution in [3.8, 4) is 22.3 Å². The van der Waals surface area contributed by atoms with Gasteiger partial charge in [-0.3, -0.25) is 0 Å². The maximum Gasteiger partial charge on any atom is 0.143 e. The summed E-state index contributed by atoms with van der Waals surface area (Å²) in [5.41, 5.74) is 12.6. The van der Waals surface area contributed by atoms with E-state index in [1.54, 1.807) is 0 Å². The van der Waals surface area contributed by atoms with Gasteiger partial charge in [0.1, 0.15) is 11.2 Å². The molecule has 0 amide bonds. The number of furan rings is 1. The summed E-state index contributed by atoms with van der Waals surface area (Å²) in [6.45, 7) is 4.73. The molecule has 0 atom stereocenters. The fourth-order valence-corrected chi connectivity index (χ4v) is 11.0. The molecule has 0 saturated carbocycles. The van der Waals surface area contributed by atoms with Gasteiger partial charge in [0.2, 0.25) is 0 Å². The van der Waals surface area contributed by atoms with Gasteiger partial charge in [0.25, 0.3) is 0 Å². The number of hydrogen-bond donors (Lipinski definition) is 0. The summed E-state index contributed by atoms with van der Waals surface area (Å²) < 4.78 is 7.01. The molecule has 65 heavy (non-hydrogen) atoms. The van der Waals surface area contributed by atoms with E-state index in [9.17, 15) is 0 Å². The van der Waals surface area contributed by atoms with Crippen LogP contribution in [0.5, 0.6) is 0 Å². The molecule has 12 aromatic rings. The van der Waals surface area contributed by atoms with Crippen LogP contribution in [0.15, 0.2) is 229 Å². The second-order valence-electron chi connectivity index (χ2n) is 17.9. The van der Waals surface area contributed by atoms with Crippen LogP contribution in [-0.2, 0) is 5.41 Å². The molecular weight excluding hydrogens is 787 g/mol. The van der Waals surface area contributed by atoms with E-state index in [0.29, 0.717) is 0 Å². The van der Waals surface area contributed by atoms with Crippen molar-refractivity contribution in [3.63, 3.8) is 0 Å². The molecule has 1 aromatic heterocycles. The van der Waals surface area contributed by atoms with Gasteiger partial charge in [-0.2, -0.15) is 0 Å². The zero-order chi connectivity index (χ0) is 43.2. The van der Waals surface area contributed by atoms with Gasteiger partial charge in [-0.25, -0.2) is 0 Å². The molecule has 0 radical (unpaired) electrons. The first-order chi connectivity index (χ1) is 32.0. The van der Waals surface area contributed by atoms with Crippen molar-refractivity contribution in [1.29, 1.82) is 0 Å². The highest BCUT2D eigenvalue weighted by Crippen LogP contribution is 2.52. The Hall–Kier alpha value is -8.20. The molecule has 0 N–H and O–H groups in total. The summed E-state index contributed by atoms with van der Waals surface area (Å²) >= 11 is 0. The minimum absolute atomic E-state index is 0.167. The van der Waals surface area contributed by atoms with Gasteiger partial charge >= 0.3 is 0 Å². The molecule has 2 nitrogen and oxygen atoms in total. The lowest BCUT2D eigenvalue weighted by Gasteiger charge is -2.30. The highest BCUT2D eigenvalue weighted by Gasteiger charge is 2.36. The SMILES string of the molecule is CC1(C)c2ccccc2-c2ccc(N(c3ccc4c5ccccc5c5ccccc5c5ccccc5c5c(ccc6c7ccccc7oc65)c4c3)c3ccccc3-c3ccccc3)cc21. The van der Waals surface area contributed by atoms with Gasteiger partial charge in [-0.1, -0.05) is 196 Å². The largest absolute Gasteiger partial charge is 0.455 e. The van der Waals surface area contributed by atoms with Gasteiger partial charge in [-0.05, 0) is 119 Å². The van der Waals surface area contributed by atoms with Gasteiger partial charge < -0.3 is 9.32 Å². The van der Waals surface area contributed by atoms with Crippen molar-refractivity contribution >= 4 is 92.9 Å². The smallest absolute Gasteiger partial charge is 0.143 e. The normalized spacial score (nSPS) is 12.9. The van der Waals surface area contributed by atoms with Gasteiger partial charge in [0.15, 0.2) is 0 Å². The molecule has 0 bridgehead atoms. The van der Waals surface area contributed by atoms with E-state index >= 15 is 0 Å². The Balaban J connectivity index is 1.21. The predicted molar refractivity (Wildman–Crippen MR) is 277 cm³/mol. The lowest BCUT2D eigenvalue weighted by Crippen LogP contribution is -2.16. The number of hydrogen-bond acceptors (Lipinski definition) is 2. The Morgan fingerprint density at radius 2 is 0.815 bits per heavy atom. The highest BCUT2D eigenvalue weighted by atomic mass is 16.3. The Labute approximate surface area is 377 Å². The first-order valence-corrected chi connectivity index (χ1v) is 22.6. The van der Waals surface area contributed by atoms with Crippen LogP contribution in [0.1, 0.15) is 25.0 Å². The Kier molecular flexibility index (Phi) is 8.29. The number of nitrogens with zero attached hydrogens (tertiary/aromatic N) is 1. The van der Waals surface area contributed by atoms with Crippen LogP contribution >= 0.6 is 0 Å². The summed E-state index contributed by atoms with van der Waals surface area (Å²) in [6, 6.07) is 82.5. The van der Waals surface area contributed by atoms with Crippen molar-refractivity contribution in [2.75, 3.05) is 4.90 Å². The lowest BCUT2D eigenvalue weighted by atomic mass is 9.82. The van der Waals surface area contributed by atoms with Crippen LogP contribution in [0.3, 0.4) is 0 Å². The summed E-state index contributed by atoms with van der Waals surface area (Å²) in [6.07, 6.45) is 0. The van der Waals surface area contributed by atoms with Crippen LogP contribution in [-0.4, -0.2) is 0 Å². The Morgan fingerprint density at radius 3 is 1.54 bits per heavy atom. The Morgan fingerprint density at radius 1 is 0.338 bits per heavy atom. The maximum atomic E-state index is 7.01. The van der Waals surface area contributed by atoms with E-state index in [1.165, 1.54) is 54.7 Å². The van der Waals surface area contributed by atoms with E-state index < -0.39 is 0 Å². The van der Waals surface area contributed by atoms with Crippen LogP contribution in [0.4, 0.5) is 17.1 Å². The lowest BCUT2D eigenvalue weighted by molar-refractivity contribution is 0.660. The zero-order valence-electron chi connectivity index (χ0n) is 36.2. The highest BCUT2D eigenvalue weighted by molar-refractivity contribution is 6.31. The quantitative estimate of drug-likeness (QED) is 0.176. The summed E-state index contributed by atoms with van der Waals surface area (Å²) in [4.78, 5) is 2.48. The summed E-state index contributed by atoms with van der Waals surface area (Å²) in [5.74, 6) is 0. The molecule has 0 fully saturated rings. The van der Waals surface area contributed by atoms with Crippen molar-refractivity contribution in [3.05, 3.63) is 236 Å². The second-order valence-corrected chi connectivity index (χ2v) is 17.9. The molecule has 1 aliphatic carbocycles. The van der Waals surface area contributed by atoms with E-state index in [-0.39, 0.29) is 5.41 Å². The molecule has 0 unspecified atom stereocenters. The summed E-state index contributed by atoms with van der Waals surface area (Å²) in [7, 11) is 0. The monoisotopic (exact) mass is 829 g/mol. The predicted octanol–water partition coefficient (Wildman–Crippen LogP) is 17.9. The van der Waals surface area contributed by atoms with Gasteiger partial charge in [0.05, 0.1) is 5.69 Å². The zero-order valence-corrected chi connectivity index (χ0v) is 36.2. The van der Waals surface area contributed by atoms with E-state index in [2.05, 4.69) is 243 Å². The third kappa shape index (κ3) is 5.67. The third-order valence-electron chi connectivity index (χ3n) is 14.1. The summed E-state index contributed by atoms with van der Waals surface area (Å²) in [5, 5.41) is 13.8. The second kappa shape index (κ2) is 14.4. The van der Waals surface area contributed by atoms with Crippen molar-refractivity contribution in [1.82, 2.24) is 0 Å². The molecule has 1 aliphatic rings. The van der Waals surface area contributed by atoms with Crippen molar-refractivity contribution in [2.24, 2.45) is 0 Å². The van der Waals surface area contributed by atoms with E-state index in [4.69, 9.17) is 4.42 Å². The topological polar surface area (TPSA) is 16.4 Å². The van der Waals surface area contributed by atoms with Crippen LogP contribution in [0.2, 0.25) is 0 Å².